The number of carbonyl (C=O) groups is 2. The SMILES string of the molecule is CC1(c2ccc(Br)cc2Br)C(=O)Nc2cc(Cl)ccc2C1=O. The van der Waals surface area contributed by atoms with Crippen LogP contribution in [0.3, 0.4) is 0 Å². The van der Waals surface area contributed by atoms with Crippen molar-refractivity contribution >= 4 is 60.8 Å². The summed E-state index contributed by atoms with van der Waals surface area (Å²) in [6, 6.07) is 10.3. The molecule has 0 aliphatic carbocycles. The molecule has 1 atom stereocenters. The number of hydrogen-bond donors (Lipinski definition) is 1. The topological polar surface area (TPSA) is 46.2 Å². The molecular formula is C16H10Br2ClNO2. The average Bonchev–Trinajstić information content (AvgIpc) is 2.44. The second-order valence-electron chi connectivity index (χ2n) is 5.22. The summed E-state index contributed by atoms with van der Waals surface area (Å²) in [4.78, 5) is 25.6. The highest BCUT2D eigenvalue weighted by molar-refractivity contribution is 9.11. The molecule has 22 heavy (non-hydrogen) atoms. The minimum atomic E-state index is -1.29. The van der Waals surface area contributed by atoms with Crippen molar-refractivity contribution in [2.75, 3.05) is 5.32 Å². The number of benzene rings is 2. The number of fused-ring (bicyclic) bond motifs is 1. The van der Waals surface area contributed by atoms with E-state index in [1.807, 2.05) is 12.1 Å². The van der Waals surface area contributed by atoms with Gasteiger partial charge in [0.25, 0.3) is 0 Å². The van der Waals surface area contributed by atoms with Crippen LogP contribution in [0.2, 0.25) is 5.02 Å². The first kappa shape index (κ1) is 15.7. The van der Waals surface area contributed by atoms with Gasteiger partial charge in [0.05, 0.1) is 5.69 Å². The molecule has 1 amide bonds. The molecule has 3 rings (SSSR count). The number of hydrogen-bond acceptors (Lipinski definition) is 2. The summed E-state index contributed by atoms with van der Waals surface area (Å²) in [6.07, 6.45) is 0. The molecule has 112 valence electrons. The van der Waals surface area contributed by atoms with Gasteiger partial charge in [-0.15, -0.1) is 0 Å². The molecule has 2 aromatic carbocycles. The minimum Gasteiger partial charge on any atom is -0.324 e. The van der Waals surface area contributed by atoms with Gasteiger partial charge in [-0.25, -0.2) is 0 Å². The van der Waals surface area contributed by atoms with Crippen molar-refractivity contribution in [1.82, 2.24) is 0 Å². The summed E-state index contributed by atoms with van der Waals surface area (Å²) in [5, 5.41) is 3.26. The molecule has 1 N–H and O–H groups in total. The molecule has 0 saturated heterocycles. The molecule has 1 aliphatic heterocycles. The van der Waals surface area contributed by atoms with Gasteiger partial charge in [-0.05, 0) is 42.8 Å². The lowest BCUT2D eigenvalue weighted by Crippen LogP contribution is -2.48. The Bertz CT molecular complexity index is 822. The Morgan fingerprint density at radius 1 is 1.09 bits per heavy atom. The lowest BCUT2D eigenvalue weighted by atomic mass is 9.73. The monoisotopic (exact) mass is 441 g/mol. The van der Waals surface area contributed by atoms with Gasteiger partial charge in [0.1, 0.15) is 5.41 Å². The van der Waals surface area contributed by atoms with E-state index in [1.165, 1.54) is 0 Å². The zero-order valence-corrected chi connectivity index (χ0v) is 15.3. The smallest absolute Gasteiger partial charge is 0.242 e. The van der Waals surface area contributed by atoms with Crippen molar-refractivity contribution in [1.29, 1.82) is 0 Å². The molecule has 1 aliphatic rings. The number of carbonyl (C=O) groups excluding carboxylic acids is 2. The summed E-state index contributed by atoms with van der Waals surface area (Å²) in [5.74, 6) is -0.610. The molecule has 0 saturated carbocycles. The fraction of sp³-hybridized carbons (Fsp3) is 0.125. The van der Waals surface area contributed by atoms with Gasteiger partial charge >= 0.3 is 0 Å². The molecule has 1 heterocycles. The molecule has 0 bridgehead atoms. The Hall–Kier alpha value is -1.17. The number of halogens is 3. The second kappa shape index (κ2) is 5.48. The van der Waals surface area contributed by atoms with E-state index in [0.717, 1.165) is 4.47 Å². The van der Waals surface area contributed by atoms with Crippen LogP contribution in [0.5, 0.6) is 0 Å². The van der Waals surface area contributed by atoms with E-state index in [4.69, 9.17) is 11.6 Å². The molecule has 0 aromatic heterocycles. The van der Waals surface area contributed by atoms with E-state index in [2.05, 4.69) is 37.2 Å². The highest BCUT2D eigenvalue weighted by Gasteiger charge is 2.48. The summed E-state index contributed by atoms with van der Waals surface area (Å²) < 4.78 is 1.56. The Balaban J connectivity index is 2.20. The maximum Gasteiger partial charge on any atom is 0.242 e. The zero-order chi connectivity index (χ0) is 16.1. The van der Waals surface area contributed by atoms with Crippen molar-refractivity contribution in [3.8, 4) is 0 Å². The van der Waals surface area contributed by atoms with E-state index in [1.54, 1.807) is 31.2 Å². The van der Waals surface area contributed by atoms with Crippen molar-refractivity contribution in [3.63, 3.8) is 0 Å². The normalized spacial score (nSPS) is 20.5. The Labute approximate surface area is 149 Å². The van der Waals surface area contributed by atoms with Crippen molar-refractivity contribution < 1.29 is 9.59 Å². The third-order valence-electron chi connectivity index (χ3n) is 3.85. The van der Waals surface area contributed by atoms with E-state index in [0.29, 0.717) is 26.3 Å². The van der Waals surface area contributed by atoms with Gasteiger partial charge in [0.2, 0.25) is 5.91 Å². The van der Waals surface area contributed by atoms with Crippen LogP contribution in [-0.4, -0.2) is 11.7 Å². The van der Waals surface area contributed by atoms with Crippen LogP contribution < -0.4 is 5.32 Å². The zero-order valence-electron chi connectivity index (χ0n) is 11.4. The number of amides is 1. The predicted molar refractivity (Wildman–Crippen MR) is 93.6 cm³/mol. The molecule has 3 nitrogen and oxygen atoms in total. The molecule has 2 aromatic rings. The predicted octanol–water partition coefficient (Wildman–Crippen LogP) is 4.96. The highest BCUT2D eigenvalue weighted by Crippen LogP contribution is 2.40. The first-order valence-corrected chi connectivity index (χ1v) is 8.42. The van der Waals surface area contributed by atoms with Crippen LogP contribution >= 0.6 is 43.5 Å². The van der Waals surface area contributed by atoms with Crippen LogP contribution in [0, 0.1) is 0 Å². The molecule has 0 spiro atoms. The summed E-state index contributed by atoms with van der Waals surface area (Å²) in [5.41, 5.74) is 0.244. The van der Waals surface area contributed by atoms with Crippen molar-refractivity contribution in [2.45, 2.75) is 12.3 Å². The number of ketones is 1. The third kappa shape index (κ3) is 2.32. The van der Waals surface area contributed by atoms with Gasteiger partial charge in [0.15, 0.2) is 5.78 Å². The Morgan fingerprint density at radius 3 is 2.50 bits per heavy atom. The van der Waals surface area contributed by atoms with Crippen molar-refractivity contribution in [3.05, 3.63) is 61.5 Å². The van der Waals surface area contributed by atoms with Gasteiger partial charge in [0, 0.05) is 19.5 Å². The van der Waals surface area contributed by atoms with E-state index < -0.39 is 5.41 Å². The van der Waals surface area contributed by atoms with Gasteiger partial charge in [-0.1, -0.05) is 49.5 Å². The van der Waals surface area contributed by atoms with Crippen LogP contribution in [0.15, 0.2) is 45.3 Å². The largest absolute Gasteiger partial charge is 0.324 e. The molecule has 1 unspecified atom stereocenters. The van der Waals surface area contributed by atoms with Crippen LogP contribution in [0.1, 0.15) is 22.8 Å². The lowest BCUT2D eigenvalue weighted by molar-refractivity contribution is -0.119. The molecule has 0 radical (unpaired) electrons. The van der Waals surface area contributed by atoms with Crippen LogP contribution in [0.4, 0.5) is 5.69 Å². The van der Waals surface area contributed by atoms with Gasteiger partial charge in [-0.3, -0.25) is 9.59 Å². The van der Waals surface area contributed by atoms with E-state index >= 15 is 0 Å². The maximum atomic E-state index is 13.0. The van der Waals surface area contributed by atoms with Gasteiger partial charge < -0.3 is 5.32 Å². The third-order valence-corrected chi connectivity index (χ3v) is 5.24. The number of rotatable bonds is 1. The molecule has 0 fully saturated rings. The van der Waals surface area contributed by atoms with Crippen molar-refractivity contribution in [2.24, 2.45) is 0 Å². The minimum absolute atomic E-state index is 0.245. The van der Waals surface area contributed by atoms with Crippen LogP contribution in [0.25, 0.3) is 0 Å². The Morgan fingerprint density at radius 2 is 1.82 bits per heavy atom. The van der Waals surface area contributed by atoms with Crippen LogP contribution in [-0.2, 0) is 10.2 Å². The van der Waals surface area contributed by atoms with E-state index in [9.17, 15) is 9.59 Å². The highest BCUT2D eigenvalue weighted by atomic mass is 79.9. The number of nitrogens with one attached hydrogen (secondary N) is 1. The lowest BCUT2D eigenvalue weighted by Gasteiger charge is -2.33. The second-order valence-corrected chi connectivity index (χ2v) is 7.43. The Kier molecular flexibility index (Phi) is 3.91. The fourth-order valence-electron chi connectivity index (χ4n) is 2.58. The number of anilines is 1. The first-order valence-electron chi connectivity index (χ1n) is 6.45. The molecule has 6 heteroatoms. The van der Waals surface area contributed by atoms with Gasteiger partial charge in [-0.2, -0.15) is 0 Å². The summed E-state index contributed by atoms with van der Waals surface area (Å²) >= 11 is 12.7. The summed E-state index contributed by atoms with van der Waals surface area (Å²) in [6.45, 7) is 1.64. The first-order chi connectivity index (χ1) is 10.3. The van der Waals surface area contributed by atoms with E-state index in [-0.39, 0.29) is 11.7 Å². The maximum absolute atomic E-state index is 13.0. The average molecular weight is 444 g/mol. The standard InChI is InChI=1S/C16H10Br2ClNO2/c1-16(11-5-2-8(17)6-12(11)18)14(21)10-4-3-9(19)7-13(10)20-15(16)22/h2-7H,1H3,(H,20,22). The molecular weight excluding hydrogens is 433 g/mol. The quantitative estimate of drug-likeness (QED) is 0.634. The summed E-state index contributed by atoms with van der Waals surface area (Å²) in [7, 11) is 0. The fourth-order valence-corrected chi connectivity index (χ4v) is 4.19. The number of Topliss-reactive ketones (excluding diaryl/α,β-unsaturated/α-hetero) is 1.